The van der Waals surface area contributed by atoms with Crippen molar-refractivity contribution >= 4 is 0 Å². The summed E-state index contributed by atoms with van der Waals surface area (Å²) in [4.78, 5) is 26.3. The van der Waals surface area contributed by atoms with Crippen LogP contribution in [-0.4, -0.2) is 24.7 Å². The van der Waals surface area contributed by atoms with E-state index < -0.39 is 5.92 Å². The van der Waals surface area contributed by atoms with E-state index >= 15 is 0 Å². The number of hydrogen-bond donors (Lipinski definition) is 0. The minimum absolute atomic E-state index is 0.0770. The van der Waals surface area contributed by atoms with Gasteiger partial charge in [-0.25, -0.2) is 27.8 Å². The smallest absolute Gasteiger partial charge is 0.267 e. The van der Waals surface area contributed by atoms with E-state index in [-0.39, 0.29) is 41.0 Å². The lowest BCUT2D eigenvalue weighted by Gasteiger charge is -2.30. The molecule has 3 aromatic heterocycles. The lowest BCUT2D eigenvalue weighted by molar-refractivity contribution is 0.0159. The van der Waals surface area contributed by atoms with Gasteiger partial charge in [0.1, 0.15) is 17.8 Å². The molecule has 202 valence electrons. The molecule has 1 saturated carbocycles. The van der Waals surface area contributed by atoms with Crippen LogP contribution < -0.4 is 5.56 Å². The Balaban J connectivity index is 1.53. The van der Waals surface area contributed by atoms with Gasteiger partial charge in [0, 0.05) is 30.4 Å². The first-order chi connectivity index (χ1) is 18.6. The van der Waals surface area contributed by atoms with E-state index in [0.717, 1.165) is 36.5 Å². The highest BCUT2D eigenvalue weighted by Crippen LogP contribution is 2.42. The molecule has 1 aromatic carbocycles. The molecule has 0 unspecified atom stereocenters. The highest BCUT2D eigenvalue weighted by molar-refractivity contribution is 5.58. The lowest BCUT2D eigenvalue weighted by atomic mass is 9.75. The van der Waals surface area contributed by atoms with Crippen LogP contribution >= 0.6 is 0 Å². The summed E-state index contributed by atoms with van der Waals surface area (Å²) in [7, 11) is 0. The Hall–Kier alpha value is -3.88. The van der Waals surface area contributed by atoms with Crippen molar-refractivity contribution in [2.24, 2.45) is 0 Å². The van der Waals surface area contributed by atoms with Crippen LogP contribution in [-0.2, 0) is 12.5 Å². The van der Waals surface area contributed by atoms with Gasteiger partial charge in [-0.2, -0.15) is 5.10 Å². The van der Waals surface area contributed by atoms with Crippen molar-refractivity contribution in [3.8, 4) is 11.4 Å². The molecule has 1 aliphatic rings. The van der Waals surface area contributed by atoms with E-state index in [9.17, 15) is 18.0 Å². The second-order valence-electron chi connectivity index (χ2n) is 10.4. The normalized spacial score (nSPS) is 17.8. The third-order valence-electron chi connectivity index (χ3n) is 7.65. The van der Waals surface area contributed by atoms with E-state index in [4.69, 9.17) is 0 Å². The maximum atomic E-state index is 14.6. The summed E-state index contributed by atoms with van der Waals surface area (Å²) < 4.78 is 44.5. The van der Waals surface area contributed by atoms with Gasteiger partial charge >= 0.3 is 0 Å². The number of pyridine rings is 1. The number of nitrogens with zero attached hydrogens (tertiary/aromatic N) is 5. The summed E-state index contributed by atoms with van der Waals surface area (Å²) in [5, 5.41) is 4.54. The molecule has 0 spiro atoms. The first-order valence-corrected chi connectivity index (χ1v) is 13.1. The predicted octanol–water partition coefficient (Wildman–Crippen LogP) is 6.45. The molecular weight excluding hydrogens is 503 g/mol. The molecule has 39 heavy (non-hydrogen) atoms. The molecule has 0 atom stereocenters. The van der Waals surface area contributed by atoms with Gasteiger partial charge in [-0.15, -0.1) is 0 Å². The first-order valence-electron chi connectivity index (χ1n) is 13.1. The number of halogens is 3. The highest BCUT2D eigenvalue weighted by Gasteiger charge is 2.31. The predicted molar refractivity (Wildman–Crippen MR) is 142 cm³/mol. The fourth-order valence-electron chi connectivity index (χ4n) is 5.71. The zero-order valence-corrected chi connectivity index (χ0v) is 22.2. The Morgan fingerprint density at radius 3 is 2.44 bits per heavy atom. The zero-order chi connectivity index (χ0) is 27.7. The summed E-state index contributed by atoms with van der Waals surface area (Å²) in [6.07, 6.45) is 7.38. The van der Waals surface area contributed by atoms with Gasteiger partial charge in [0.25, 0.3) is 11.5 Å². The summed E-state index contributed by atoms with van der Waals surface area (Å²) >= 11 is 0. The number of hydrogen-bond acceptors (Lipinski definition) is 5. The Morgan fingerprint density at radius 2 is 1.74 bits per heavy atom. The summed E-state index contributed by atoms with van der Waals surface area (Å²) in [6, 6.07) is 9.68. The van der Waals surface area contributed by atoms with Crippen molar-refractivity contribution < 1.29 is 13.2 Å². The second kappa shape index (κ2) is 10.7. The van der Waals surface area contributed by atoms with Crippen molar-refractivity contribution in [2.75, 3.05) is 0 Å². The topological polar surface area (TPSA) is 73.6 Å². The van der Waals surface area contributed by atoms with Crippen LogP contribution in [0.25, 0.3) is 11.4 Å². The molecule has 5 rings (SSSR count). The van der Waals surface area contributed by atoms with E-state index in [1.165, 1.54) is 35.4 Å². The van der Waals surface area contributed by atoms with Crippen molar-refractivity contribution in [3.05, 3.63) is 105 Å². The molecule has 1 aliphatic carbocycles. The molecule has 4 aromatic rings. The van der Waals surface area contributed by atoms with Crippen LogP contribution in [0, 0.1) is 19.7 Å². The third kappa shape index (κ3) is 5.48. The van der Waals surface area contributed by atoms with Crippen molar-refractivity contribution in [1.82, 2.24) is 24.7 Å². The number of rotatable bonds is 6. The number of benzene rings is 1. The zero-order valence-electron chi connectivity index (χ0n) is 22.2. The molecule has 0 N–H and O–H groups in total. The minimum atomic E-state index is -3.12. The van der Waals surface area contributed by atoms with Crippen molar-refractivity contribution in [2.45, 2.75) is 70.8 Å². The molecule has 9 heteroatoms. The number of aromatic nitrogens is 5. The van der Waals surface area contributed by atoms with Gasteiger partial charge in [0.2, 0.25) is 0 Å². The van der Waals surface area contributed by atoms with Crippen molar-refractivity contribution in [3.63, 3.8) is 0 Å². The number of aryl methyl sites for hydroxylation is 2. The fourth-order valence-corrected chi connectivity index (χ4v) is 5.71. The summed E-state index contributed by atoms with van der Waals surface area (Å²) in [5.74, 6) is -3.31. The van der Waals surface area contributed by atoms with Gasteiger partial charge in [-0.3, -0.25) is 9.78 Å². The molecule has 0 saturated heterocycles. The minimum Gasteiger partial charge on any atom is -0.267 e. The van der Waals surface area contributed by atoms with Crippen LogP contribution in [0.1, 0.15) is 78.0 Å². The Bertz CT molecular complexity index is 1530. The summed E-state index contributed by atoms with van der Waals surface area (Å²) in [5.41, 5.74) is 3.56. The molecule has 0 bridgehead atoms. The van der Waals surface area contributed by atoms with Crippen molar-refractivity contribution in [1.29, 1.82) is 0 Å². The molecular formula is C30H30F3N5O. The average Bonchev–Trinajstić information content (AvgIpc) is 2.90. The Morgan fingerprint density at radius 1 is 1.00 bits per heavy atom. The van der Waals surface area contributed by atoms with Crippen LogP contribution in [0.5, 0.6) is 0 Å². The van der Waals surface area contributed by atoms with E-state index in [1.54, 1.807) is 18.3 Å². The third-order valence-corrected chi connectivity index (χ3v) is 7.65. The SMILES string of the molecule is Cc1cncnc1-c1cc(C2CCC(c3c(C)cccc3F)CC2)c(=O)n(Cc2ncccc2C(C)(F)F)n1. The Kier molecular flexibility index (Phi) is 7.34. The summed E-state index contributed by atoms with van der Waals surface area (Å²) in [6.45, 7) is 4.38. The molecule has 0 amide bonds. The van der Waals surface area contributed by atoms with E-state index in [2.05, 4.69) is 20.1 Å². The maximum absolute atomic E-state index is 14.6. The van der Waals surface area contributed by atoms with Gasteiger partial charge in [0.05, 0.1) is 17.9 Å². The maximum Gasteiger partial charge on any atom is 0.272 e. The monoisotopic (exact) mass is 533 g/mol. The molecule has 0 aliphatic heterocycles. The van der Waals surface area contributed by atoms with Gasteiger partial charge < -0.3 is 0 Å². The Labute approximate surface area is 225 Å². The average molecular weight is 534 g/mol. The quantitative estimate of drug-likeness (QED) is 0.285. The lowest BCUT2D eigenvalue weighted by Crippen LogP contribution is -2.31. The van der Waals surface area contributed by atoms with Gasteiger partial charge in [-0.1, -0.05) is 12.1 Å². The number of alkyl halides is 2. The molecule has 1 fully saturated rings. The van der Waals surface area contributed by atoms with Crippen LogP contribution in [0.3, 0.4) is 0 Å². The molecule has 6 nitrogen and oxygen atoms in total. The van der Waals surface area contributed by atoms with Crippen LogP contribution in [0.15, 0.2) is 59.9 Å². The van der Waals surface area contributed by atoms with Gasteiger partial charge in [0.15, 0.2) is 0 Å². The molecule has 0 radical (unpaired) electrons. The highest BCUT2D eigenvalue weighted by atomic mass is 19.3. The van der Waals surface area contributed by atoms with Gasteiger partial charge in [-0.05, 0) is 92.3 Å². The van der Waals surface area contributed by atoms with Crippen LogP contribution in [0.4, 0.5) is 13.2 Å². The van der Waals surface area contributed by atoms with E-state index in [0.29, 0.717) is 29.8 Å². The molecule has 3 heterocycles. The fraction of sp³-hybridized carbons (Fsp3) is 0.367. The standard InChI is InChI=1S/C30H30F3N5O/c1-18-6-4-8-24(31)27(18)21-11-9-20(10-12-21)22-14-25(28-19(2)15-34-17-36-28)37-38(29(22)39)16-26-23(30(3,32)33)7-5-13-35-26/h4-8,13-15,17,20-21H,9-12,16H2,1-3H3. The second-order valence-corrected chi connectivity index (χ2v) is 10.4. The van der Waals surface area contributed by atoms with E-state index in [1.807, 2.05) is 19.9 Å². The van der Waals surface area contributed by atoms with Crippen LogP contribution in [0.2, 0.25) is 0 Å². The largest absolute Gasteiger partial charge is 0.272 e. The first kappa shape index (κ1) is 26.7.